The first-order valence-corrected chi connectivity index (χ1v) is 9.12. The third kappa shape index (κ3) is 3.86. The molecule has 0 aliphatic carbocycles. The summed E-state index contributed by atoms with van der Waals surface area (Å²) in [7, 11) is 0. The summed E-state index contributed by atoms with van der Waals surface area (Å²) in [4.78, 5) is 20.9. The number of imidazole rings is 2. The van der Waals surface area contributed by atoms with Gasteiger partial charge < -0.3 is 14.5 Å². The van der Waals surface area contributed by atoms with Gasteiger partial charge in [-0.05, 0) is 36.2 Å². The number of hydrogen-bond acceptors (Lipinski definition) is 3. The van der Waals surface area contributed by atoms with Crippen LogP contribution in [0.25, 0.3) is 5.69 Å². The molecule has 0 bridgehead atoms. The fraction of sp³-hybridized carbons (Fsp3) is 0.136. The first kappa shape index (κ1) is 17.7. The Morgan fingerprint density at radius 3 is 2.57 bits per heavy atom. The summed E-state index contributed by atoms with van der Waals surface area (Å²) in [6.45, 7) is 3.14. The SMILES string of the molecule is Cc1nccn1-c1ccccc1CNC(=O)c1ccc(Cn2ccnc2)cc1. The highest BCUT2D eigenvalue weighted by molar-refractivity contribution is 5.94. The van der Waals surface area contributed by atoms with Crippen molar-refractivity contribution in [1.82, 2.24) is 24.4 Å². The van der Waals surface area contributed by atoms with Crippen LogP contribution >= 0.6 is 0 Å². The molecule has 140 valence electrons. The molecule has 4 rings (SSSR count). The van der Waals surface area contributed by atoms with Crippen LogP contribution in [0, 0.1) is 6.92 Å². The first-order chi connectivity index (χ1) is 13.7. The summed E-state index contributed by atoms with van der Waals surface area (Å²) >= 11 is 0. The van der Waals surface area contributed by atoms with E-state index in [1.54, 1.807) is 18.7 Å². The molecule has 1 amide bonds. The maximum absolute atomic E-state index is 12.6. The van der Waals surface area contributed by atoms with Crippen LogP contribution in [0.5, 0.6) is 0 Å². The summed E-state index contributed by atoms with van der Waals surface area (Å²) in [5.41, 5.74) is 3.82. The van der Waals surface area contributed by atoms with Crippen molar-refractivity contribution in [2.75, 3.05) is 0 Å². The number of rotatable bonds is 6. The molecule has 2 heterocycles. The minimum absolute atomic E-state index is 0.0914. The summed E-state index contributed by atoms with van der Waals surface area (Å²) in [5.74, 6) is 0.818. The van der Waals surface area contributed by atoms with Crippen molar-refractivity contribution in [3.8, 4) is 5.69 Å². The molecular weight excluding hydrogens is 350 g/mol. The quantitative estimate of drug-likeness (QED) is 0.565. The predicted molar refractivity (Wildman–Crippen MR) is 107 cm³/mol. The Hall–Kier alpha value is -3.67. The summed E-state index contributed by atoms with van der Waals surface area (Å²) in [6, 6.07) is 15.7. The number of benzene rings is 2. The highest BCUT2D eigenvalue weighted by atomic mass is 16.1. The average Bonchev–Trinajstić information content (AvgIpc) is 3.38. The number of aryl methyl sites for hydroxylation is 1. The van der Waals surface area contributed by atoms with E-state index in [9.17, 15) is 4.79 Å². The lowest BCUT2D eigenvalue weighted by Crippen LogP contribution is -2.23. The van der Waals surface area contributed by atoms with E-state index in [0.29, 0.717) is 12.1 Å². The predicted octanol–water partition coefficient (Wildman–Crippen LogP) is 3.36. The monoisotopic (exact) mass is 371 g/mol. The van der Waals surface area contributed by atoms with Gasteiger partial charge in [0.15, 0.2) is 0 Å². The molecule has 0 fully saturated rings. The van der Waals surface area contributed by atoms with Crippen LogP contribution in [0.2, 0.25) is 0 Å². The Labute approximate surface area is 163 Å². The molecule has 0 saturated heterocycles. The number of nitrogens with one attached hydrogen (secondary N) is 1. The highest BCUT2D eigenvalue weighted by Gasteiger charge is 2.09. The Morgan fingerprint density at radius 1 is 1.04 bits per heavy atom. The molecule has 2 aromatic heterocycles. The van der Waals surface area contributed by atoms with Gasteiger partial charge in [-0.25, -0.2) is 9.97 Å². The fourth-order valence-corrected chi connectivity index (χ4v) is 3.16. The number of para-hydroxylation sites is 1. The van der Waals surface area contributed by atoms with E-state index in [-0.39, 0.29) is 5.91 Å². The van der Waals surface area contributed by atoms with E-state index < -0.39 is 0 Å². The van der Waals surface area contributed by atoms with Crippen molar-refractivity contribution in [3.05, 3.63) is 102 Å². The van der Waals surface area contributed by atoms with Gasteiger partial charge in [0.25, 0.3) is 5.91 Å². The lowest BCUT2D eigenvalue weighted by Gasteiger charge is -2.13. The van der Waals surface area contributed by atoms with Gasteiger partial charge in [0.05, 0.1) is 12.0 Å². The summed E-state index contributed by atoms with van der Waals surface area (Å²) in [6.07, 6.45) is 9.15. The van der Waals surface area contributed by atoms with E-state index in [0.717, 1.165) is 29.2 Å². The zero-order valence-corrected chi connectivity index (χ0v) is 15.6. The van der Waals surface area contributed by atoms with Crippen molar-refractivity contribution in [2.24, 2.45) is 0 Å². The third-order valence-corrected chi connectivity index (χ3v) is 4.66. The minimum Gasteiger partial charge on any atom is -0.348 e. The molecule has 0 aliphatic heterocycles. The summed E-state index contributed by atoms with van der Waals surface area (Å²) < 4.78 is 4.01. The van der Waals surface area contributed by atoms with E-state index in [1.165, 1.54) is 0 Å². The topological polar surface area (TPSA) is 64.7 Å². The van der Waals surface area contributed by atoms with Crippen molar-refractivity contribution >= 4 is 5.91 Å². The second-order valence-electron chi connectivity index (χ2n) is 6.59. The maximum atomic E-state index is 12.6. The van der Waals surface area contributed by atoms with Crippen molar-refractivity contribution in [3.63, 3.8) is 0 Å². The number of nitrogens with zero attached hydrogens (tertiary/aromatic N) is 4. The molecule has 6 heteroatoms. The van der Waals surface area contributed by atoms with Crippen LogP contribution in [-0.4, -0.2) is 25.0 Å². The number of carbonyl (C=O) groups excluding carboxylic acids is 1. The second-order valence-corrected chi connectivity index (χ2v) is 6.59. The van der Waals surface area contributed by atoms with Gasteiger partial charge >= 0.3 is 0 Å². The molecule has 28 heavy (non-hydrogen) atoms. The lowest BCUT2D eigenvalue weighted by molar-refractivity contribution is 0.0951. The van der Waals surface area contributed by atoms with Gasteiger partial charge in [0.1, 0.15) is 5.82 Å². The van der Waals surface area contributed by atoms with Gasteiger partial charge in [0.2, 0.25) is 0 Å². The largest absolute Gasteiger partial charge is 0.348 e. The Kier molecular flexibility index (Phi) is 5.01. The molecule has 4 aromatic rings. The van der Waals surface area contributed by atoms with E-state index >= 15 is 0 Å². The van der Waals surface area contributed by atoms with E-state index in [4.69, 9.17) is 0 Å². The standard InChI is InChI=1S/C22H21N5O/c1-17-24-11-13-27(17)21-5-3-2-4-20(21)14-25-22(28)19-8-6-18(7-9-19)15-26-12-10-23-16-26/h2-13,16H,14-15H2,1H3,(H,25,28). The second kappa shape index (κ2) is 7.92. The fourth-order valence-electron chi connectivity index (χ4n) is 3.16. The average molecular weight is 371 g/mol. The van der Waals surface area contributed by atoms with Crippen molar-refractivity contribution in [1.29, 1.82) is 0 Å². The first-order valence-electron chi connectivity index (χ1n) is 9.12. The molecule has 0 atom stereocenters. The van der Waals surface area contributed by atoms with Gasteiger partial charge in [-0.3, -0.25) is 4.79 Å². The zero-order valence-electron chi connectivity index (χ0n) is 15.6. The highest BCUT2D eigenvalue weighted by Crippen LogP contribution is 2.16. The molecule has 0 aliphatic rings. The van der Waals surface area contributed by atoms with Crippen LogP contribution in [0.4, 0.5) is 0 Å². The Balaban J connectivity index is 1.43. The normalized spacial score (nSPS) is 10.8. The smallest absolute Gasteiger partial charge is 0.251 e. The van der Waals surface area contributed by atoms with Crippen LogP contribution in [0.3, 0.4) is 0 Å². The molecule has 0 radical (unpaired) electrons. The zero-order chi connectivity index (χ0) is 19.3. The Morgan fingerprint density at radius 2 is 1.86 bits per heavy atom. The van der Waals surface area contributed by atoms with Gasteiger partial charge in [-0.2, -0.15) is 0 Å². The molecule has 0 spiro atoms. The van der Waals surface area contributed by atoms with Crippen LogP contribution in [0.15, 0.2) is 79.6 Å². The number of amides is 1. The molecule has 6 nitrogen and oxygen atoms in total. The van der Waals surface area contributed by atoms with Crippen LogP contribution in [-0.2, 0) is 13.1 Å². The molecular formula is C22H21N5O. The van der Waals surface area contributed by atoms with Gasteiger partial charge in [-0.15, -0.1) is 0 Å². The van der Waals surface area contributed by atoms with Crippen molar-refractivity contribution in [2.45, 2.75) is 20.0 Å². The number of aromatic nitrogens is 4. The van der Waals surface area contributed by atoms with Crippen LogP contribution in [0.1, 0.15) is 27.3 Å². The summed E-state index contributed by atoms with van der Waals surface area (Å²) in [5, 5.41) is 3.01. The van der Waals surface area contributed by atoms with Crippen molar-refractivity contribution < 1.29 is 4.79 Å². The molecule has 0 saturated carbocycles. The molecule has 2 aromatic carbocycles. The maximum Gasteiger partial charge on any atom is 0.251 e. The third-order valence-electron chi connectivity index (χ3n) is 4.66. The Bertz CT molecular complexity index is 1060. The van der Waals surface area contributed by atoms with Gasteiger partial charge in [-0.1, -0.05) is 30.3 Å². The minimum atomic E-state index is -0.0914. The van der Waals surface area contributed by atoms with Crippen LogP contribution < -0.4 is 5.32 Å². The van der Waals surface area contributed by atoms with E-state index in [1.807, 2.05) is 77.0 Å². The number of carbonyl (C=O) groups is 1. The van der Waals surface area contributed by atoms with E-state index in [2.05, 4.69) is 15.3 Å². The van der Waals surface area contributed by atoms with Gasteiger partial charge in [0, 0.05) is 43.4 Å². The lowest BCUT2D eigenvalue weighted by atomic mass is 10.1. The molecule has 1 N–H and O–H groups in total. The molecule has 0 unspecified atom stereocenters. The number of hydrogen-bond donors (Lipinski definition) is 1.